The molecule has 1 N–H and O–H groups in total. The zero-order valence-electron chi connectivity index (χ0n) is 9.60. The molecule has 0 aliphatic rings. The van der Waals surface area contributed by atoms with E-state index in [9.17, 15) is 4.79 Å². The monoisotopic (exact) mass is 235 g/mol. The zero-order valence-corrected chi connectivity index (χ0v) is 10.4. The third kappa shape index (κ3) is 3.96. The van der Waals surface area contributed by atoms with Crippen LogP contribution in [-0.2, 0) is 4.79 Å². The Labute approximate surface area is 101 Å². The summed E-state index contributed by atoms with van der Waals surface area (Å²) in [6, 6.07) is 5.24. The summed E-state index contributed by atoms with van der Waals surface area (Å²) in [4.78, 5) is 11.0. The average Bonchev–Trinajstić information content (AvgIpc) is 2.17. The van der Waals surface area contributed by atoms with Crippen LogP contribution in [0.4, 0.5) is 5.69 Å². The summed E-state index contributed by atoms with van der Waals surface area (Å²) in [5.41, 5.74) is 1.45. The molecule has 0 aliphatic carbocycles. The van der Waals surface area contributed by atoms with Gasteiger partial charge in [-0.15, -0.1) is 0 Å². The minimum absolute atomic E-state index is 0.116. The van der Waals surface area contributed by atoms with Crippen molar-refractivity contribution < 1.29 is 4.79 Å². The molecule has 0 saturated heterocycles. The predicted molar refractivity (Wildman–Crippen MR) is 67.5 cm³/mol. The van der Waals surface area contributed by atoms with E-state index in [1.165, 1.54) is 6.92 Å². The topological polar surface area (TPSA) is 29.1 Å². The van der Waals surface area contributed by atoms with Crippen molar-refractivity contribution in [1.29, 1.82) is 0 Å². The first kappa shape index (κ1) is 12.6. The maximum absolute atomic E-state index is 11.0. The van der Waals surface area contributed by atoms with Gasteiger partial charge in [0.1, 0.15) is 0 Å². The fraction of sp³-hybridized carbons (Fsp3) is 0.308. The van der Waals surface area contributed by atoms with Crippen LogP contribution in [0.5, 0.6) is 0 Å². The molecule has 0 atom stereocenters. The Bertz CT molecular complexity index is 455. The molecule has 0 unspecified atom stereocenters. The Balaban J connectivity index is 3.09. The smallest absolute Gasteiger partial charge is 0.221 e. The molecule has 0 aromatic heterocycles. The predicted octanol–water partition coefficient (Wildman–Crippen LogP) is 3.31. The molecule has 1 aromatic carbocycles. The molecule has 0 heterocycles. The lowest BCUT2D eigenvalue weighted by Gasteiger charge is -2.05. The van der Waals surface area contributed by atoms with Crippen molar-refractivity contribution in [3.63, 3.8) is 0 Å². The second-order valence-electron chi connectivity index (χ2n) is 3.80. The minimum Gasteiger partial charge on any atom is -0.325 e. The van der Waals surface area contributed by atoms with Gasteiger partial charge in [-0.2, -0.15) is 0 Å². The van der Waals surface area contributed by atoms with Gasteiger partial charge in [0.2, 0.25) is 5.91 Å². The number of hydrogen-bond acceptors (Lipinski definition) is 1. The highest BCUT2D eigenvalue weighted by Crippen LogP contribution is 2.19. The maximum Gasteiger partial charge on any atom is 0.221 e. The summed E-state index contributed by atoms with van der Waals surface area (Å²) >= 11 is 5.89. The number of anilines is 1. The zero-order chi connectivity index (χ0) is 12.1. The number of carbonyl (C=O) groups is 1. The number of hydrogen-bond donors (Lipinski definition) is 1. The van der Waals surface area contributed by atoms with Crippen LogP contribution in [0.1, 0.15) is 26.3 Å². The Morgan fingerprint density at radius 3 is 2.69 bits per heavy atom. The highest BCUT2D eigenvalue weighted by atomic mass is 35.5. The molecule has 0 saturated carbocycles. The molecule has 1 rings (SSSR count). The summed E-state index contributed by atoms with van der Waals surface area (Å²) in [5, 5.41) is 3.34. The fourth-order valence-electron chi connectivity index (χ4n) is 1.14. The molecule has 2 nitrogen and oxygen atoms in total. The van der Waals surface area contributed by atoms with Crippen molar-refractivity contribution >= 4 is 23.2 Å². The van der Waals surface area contributed by atoms with Crippen LogP contribution >= 0.6 is 11.6 Å². The molecule has 84 valence electrons. The Morgan fingerprint density at radius 2 is 2.12 bits per heavy atom. The highest BCUT2D eigenvalue weighted by Gasteiger charge is 2.02. The highest BCUT2D eigenvalue weighted by molar-refractivity contribution is 6.30. The quantitative estimate of drug-likeness (QED) is 0.744. The molecule has 0 fully saturated rings. The summed E-state index contributed by atoms with van der Waals surface area (Å²) in [7, 11) is 0. The second kappa shape index (κ2) is 5.58. The molecule has 16 heavy (non-hydrogen) atoms. The molecule has 0 radical (unpaired) electrons. The standard InChI is InChI=1S/C13H14ClNO/c1-9(2)4-5-11-8-12(14)6-7-13(11)15-10(3)16/h6-9H,1-3H3,(H,15,16). The Kier molecular flexibility index (Phi) is 4.39. The van der Waals surface area contributed by atoms with Gasteiger partial charge >= 0.3 is 0 Å². The summed E-state index contributed by atoms with van der Waals surface area (Å²) in [6.45, 7) is 5.49. The average molecular weight is 236 g/mol. The van der Waals surface area contributed by atoms with Gasteiger partial charge < -0.3 is 5.32 Å². The molecular formula is C13H14ClNO. The van der Waals surface area contributed by atoms with Crippen LogP contribution in [0.25, 0.3) is 0 Å². The summed E-state index contributed by atoms with van der Waals surface area (Å²) in [6.07, 6.45) is 0. The Morgan fingerprint density at radius 1 is 1.44 bits per heavy atom. The van der Waals surface area contributed by atoms with Gasteiger partial charge in [-0.05, 0) is 18.2 Å². The van der Waals surface area contributed by atoms with Crippen LogP contribution in [0.3, 0.4) is 0 Å². The SMILES string of the molecule is CC(=O)Nc1ccc(Cl)cc1C#CC(C)C. The lowest BCUT2D eigenvalue weighted by molar-refractivity contribution is -0.114. The molecule has 3 heteroatoms. The first-order valence-electron chi connectivity index (χ1n) is 5.07. The number of halogens is 1. The molecule has 1 aromatic rings. The van der Waals surface area contributed by atoms with E-state index in [0.29, 0.717) is 10.7 Å². The number of carbonyl (C=O) groups excluding carboxylic acids is 1. The van der Waals surface area contributed by atoms with Crippen molar-refractivity contribution in [3.8, 4) is 11.8 Å². The first-order valence-corrected chi connectivity index (χ1v) is 5.45. The van der Waals surface area contributed by atoms with Gasteiger partial charge in [0, 0.05) is 23.4 Å². The molecular weight excluding hydrogens is 222 g/mol. The Hall–Kier alpha value is -1.46. The summed E-state index contributed by atoms with van der Waals surface area (Å²) < 4.78 is 0. The lowest BCUT2D eigenvalue weighted by Crippen LogP contribution is -2.07. The van der Waals surface area contributed by atoms with Crippen molar-refractivity contribution in [2.75, 3.05) is 5.32 Å². The van der Waals surface area contributed by atoms with E-state index in [2.05, 4.69) is 17.2 Å². The molecule has 1 amide bonds. The molecule has 0 aliphatic heterocycles. The minimum atomic E-state index is -0.116. The number of nitrogens with one attached hydrogen (secondary N) is 1. The second-order valence-corrected chi connectivity index (χ2v) is 4.23. The van der Waals surface area contributed by atoms with Gasteiger partial charge in [0.25, 0.3) is 0 Å². The fourth-order valence-corrected chi connectivity index (χ4v) is 1.31. The van der Waals surface area contributed by atoms with Crippen LogP contribution in [0.15, 0.2) is 18.2 Å². The number of rotatable bonds is 1. The van der Waals surface area contributed by atoms with E-state index in [4.69, 9.17) is 11.6 Å². The van der Waals surface area contributed by atoms with Crippen LogP contribution < -0.4 is 5.32 Å². The van der Waals surface area contributed by atoms with Crippen LogP contribution in [0, 0.1) is 17.8 Å². The van der Waals surface area contributed by atoms with Gasteiger partial charge in [0.15, 0.2) is 0 Å². The largest absolute Gasteiger partial charge is 0.325 e. The van der Waals surface area contributed by atoms with Gasteiger partial charge in [-0.1, -0.05) is 37.3 Å². The summed E-state index contributed by atoms with van der Waals surface area (Å²) in [5.74, 6) is 6.22. The van der Waals surface area contributed by atoms with Gasteiger partial charge in [-0.25, -0.2) is 0 Å². The van der Waals surface area contributed by atoms with E-state index in [-0.39, 0.29) is 11.8 Å². The molecule has 0 bridgehead atoms. The van der Waals surface area contributed by atoms with Crippen molar-refractivity contribution in [2.24, 2.45) is 5.92 Å². The van der Waals surface area contributed by atoms with E-state index in [0.717, 1.165) is 5.56 Å². The van der Waals surface area contributed by atoms with Crippen LogP contribution in [-0.4, -0.2) is 5.91 Å². The van der Waals surface area contributed by atoms with Crippen LogP contribution in [0.2, 0.25) is 5.02 Å². The van der Waals surface area contributed by atoms with E-state index >= 15 is 0 Å². The van der Waals surface area contributed by atoms with Crippen molar-refractivity contribution in [3.05, 3.63) is 28.8 Å². The van der Waals surface area contributed by atoms with Crippen molar-refractivity contribution in [1.82, 2.24) is 0 Å². The maximum atomic E-state index is 11.0. The first-order chi connectivity index (χ1) is 7.49. The van der Waals surface area contributed by atoms with E-state index < -0.39 is 0 Å². The van der Waals surface area contributed by atoms with E-state index in [1.54, 1.807) is 18.2 Å². The van der Waals surface area contributed by atoms with E-state index in [1.807, 2.05) is 13.8 Å². The number of benzene rings is 1. The lowest BCUT2D eigenvalue weighted by atomic mass is 10.1. The number of amides is 1. The van der Waals surface area contributed by atoms with Gasteiger partial charge in [0.05, 0.1) is 5.69 Å². The third-order valence-electron chi connectivity index (χ3n) is 1.79. The normalized spacial score (nSPS) is 9.56. The molecule has 0 spiro atoms. The third-order valence-corrected chi connectivity index (χ3v) is 2.02. The van der Waals surface area contributed by atoms with Crippen molar-refractivity contribution in [2.45, 2.75) is 20.8 Å². The van der Waals surface area contributed by atoms with Gasteiger partial charge in [-0.3, -0.25) is 4.79 Å².